The molecule has 1 fully saturated rings. The van der Waals surface area contributed by atoms with Crippen LogP contribution in [0.2, 0.25) is 0 Å². The molecule has 1 aliphatic carbocycles. The van der Waals surface area contributed by atoms with E-state index < -0.39 is 5.79 Å². The van der Waals surface area contributed by atoms with Crippen LogP contribution in [0.1, 0.15) is 68.6 Å². The molecule has 0 aromatic heterocycles. The van der Waals surface area contributed by atoms with Crippen LogP contribution >= 0.6 is 0 Å². The van der Waals surface area contributed by atoms with Gasteiger partial charge in [0.25, 0.3) is 0 Å². The number of ether oxygens (including phenoxy) is 2. The summed E-state index contributed by atoms with van der Waals surface area (Å²) in [5.74, 6) is -0.575. The average Bonchev–Trinajstić information content (AvgIpc) is 2.74. The molecule has 1 heterocycles. The third-order valence-corrected chi connectivity index (χ3v) is 5.44. The number of carbonyl (C=O) groups is 1. The first-order valence-electron chi connectivity index (χ1n) is 7.97. The van der Waals surface area contributed by atoms with E-state index in [-0.39, 0.29) is 23.0 Å². The summed E-state index contributed by atoms with van der Waals surface area (Å²) in [7, 11) is 0. The number of rotatable bonds is 1. The van der Waals surface area contributed by atoms with E-state index in [0.29, 0.717) is 0 Å². The molecule has 0 N–H and O–H groups in total. The number of fused-ring (bicyclic) bond motifs is 2. The van der Waals surface area contributed by atoms with Crippen LogP contribution in [-0.4, -0.2) is 24.3 Å². The Morgan fingerprint density at radius 3 is 1.82 bits per heavy atom. The standard InChI is InChI=1S/C19H26O3/c1-11-8-13-14(9-12(11)10-20)18(4,5)16-15(17(13,2)3)21-19(6,7)22-16/h8-10,15-16H,1-7H3/t15-,16+/m1/s1. The molecule has 1 aromatic rings. The summed E-state index contributed by atoms with van der Waals surface area (Å²) in [6, 6.07) is 4.20. The summed E-state index contributed by atoms with van der Waals surface area (Å²) >= 11 is 0. The fourth-order valence-electron chi connectivity index (χ4n) is 4.04. The number of hydrogen-bond acceptors (Lipinski definition) is 3. The summed E-state index contributed by atoms with van der Waals surface area (Å²) in [5.41, 5.74) is 3.90. The van der Waals surface area contributed by atoms with Crippen molar-refractivity contribution < 1.29 is 14.3 Å². The molecule has 0 saturated carbocycles. The first kappa shape index (κ1) is 15.7. The van der Waals surface area contributed by atoms with Crippen LogP contribution in [-0.2, 0) is 20.3 Å². The Hall–Kier alpha value is -1.19. The second-order valence-electron chi connectivity index (χ2n) is 8.29. The maximum absolute atomic E-state index is 11.4. The van der Waals surface area contributed by atoms with Crippen molar-refractivity contribution in [2.45, 2.75) is 77.3 Å². The molecule has 120 valence electrons. The molecule has 0 amide bonds. The lowest BCUT2D eigenvalue weighted by Crippen LogP contribution is -2.54. The SMILES string of the molecule is Cc1cc2c(cc1C=O)C(C)(C)[C@H]1OC(C)(C)O[C@H]1C2(C)C. The highest BCUT2D eigenvalue weighted by Gasteiger charge is 2.59. The normalized spacial score (nSPS) is 30.5. The Morgan fingerprint density at radius 2 is 1.36 bits per heavy atom. The third-order valence-electron chi connectivity index (χ3n) is 5.44. The van der Waals surface area contributed by atoms with Crippen molar-refractivity contribution in [3.05, 3.63) is 34.4 Å². The molecule has 22 heavy (non-hydrogen) atoms. The zero-order chi connectivity index (χ0) is 16.5. The molecule has 1 aliphatic heterocycles. The van der Waals surface area contributed by atoms with Gasteiger partial charge in [0.15, 0.2) is 5.79 Å². The lowest BCUT2D eigenvalue weighted by molar-refractivity contribution is -0.153. The molecule has 3 nitrogen and oxygen atoms in total. The third kappa shape index (κ3) is 1.99. The summed E-state index contributed by atoms with van der Waals surface area (Å²) in [6.07, 6.45) is 0.930. The predicted molar refractivity (Wildman–Crippen MR) is 86.4 cm³/mol. The van der Waals surface area contributed by atoms with Crippen molar-refractivity contribution in [3.63, 3.8) is 0 Å². The van der Waals surface area contributed by atoms with E-state index in [9.17, 15) is 4.79 Å². The number of benzene rings is 1. The van der Waals surface area contributed by atoms with Crippen LogP contribution in [0.15, 0.2) is 12.1 Å². The summed E-state index contributed by atoms with van der Waals surface area (Å²) in [4.78, 5) is 11.4. The topological polar surface area (TPSA) is 35.5 Å². The fourth-order valence-corrected chi connectivity index (χ4v) is 4.04. The average molecular weight is 302 g/mol. The van der Waals surface area contributed by atoms with Crippen LogP contribution in [0.3, 0.4) is 0 Å². The second kappa shape index (κ2) is 4.42. The van der Waals surface area contributed by atoms with Crippen molar-refractivity contribution in [1.82, 2.24) is 0 Å². The molecule has 0 spiro atoms. The zero-order valence-electron chi connectivity index (χ0n) is 14.6. The smallest absolute Gasteiger partial charge is 0.163 e. The predicted octanol–water partition coefficient (Wildman–Crippen LogP) is 3.90. The first-order chi connectivity index (χ1) is 10.0. The van der Waals surface area contributed by atoms with E-state index >= 15 is 0 Å². The minimum atomic E-state index is -0.575. The van der Waals surface area contributed by atoms with Crippen LogP contribution in [0.4, 0.5) is 0 Å². The number of aldehydes is 1. The van der Waals surface area contributed by atoms with Gasteiger partial charge in [0, 0.05) is 16.4 Å². The van der Waals surface area contributed by atoms with Gasteiger partial charge in [-0.1, -0.05) is 33.8 Å². The maximum Gasteiger partial charge on any atom is 0.163 e. The molecule has 0 unspecified atom stereocenters. The largest absolute Gasteiger partial charge is 0.344 e. The van der Waals surface area contributed by atoms with Gasteiger partial charge in [-0.05, 0) is 43.5 Å². The van der Waals surface area contributed by atoms with E-state index in [1.165, 1.54) is 11.1 Å². The Bertz CT molecular complexity index is 640. The molecule has 3 rings (SSSR count). The molecular weight excluding hydrogens is 276 g/mol. The van der Waals surface area contributed by atoms with Crippen molar-refractivity contribution in [2.24, 2.45) is 0 Å². The lowest BCUT2D eigenvalue weighted by Gasteiger charge is -2.48. The zero-order valence-corrected chi connectivity index (χ0v) is 14.6. The Kier molecular flexibility index (Phi) is 3.16. The molecular formula is C19H26O3. The first-order valence-corrected chi connectivity index (χ1v) is 7.97. The van der Waals surface area contributed by atoms with E-state index in [1.54, 1.807) is 0 Å². The maximum atomic E-state index is 11.4. The van der Waals surface area contributed by atoms with Crippen LogP contribution in [0, 0.1) is 6.92 Å². The van der Waals surface area contributed by atoms with Crippen molar-refractivity contribution in [3.8, 4) is 0 Å². The van der Waals surface area contributed by atoms with Gasteiger partial charge in [0.1, 0.15) is 6.29 Å². The Labute approximate surface area is 133 Å². The fraction of sp³-hybridized carbons (Fsp3) is 0.632. The molecule has 0 radical (unpaired) electrons. The molecule has 1 saturated heterocycles. The van der Waals surface area contributed by atoms with Gasteiger partial charge in [-0.15, -0.1) is 0 Å². The van der Waals surface area contributed by atoms with Crippen LogP contribution < -0.4 is 0 Å². The van der Waals surface area contributed by atoms with E-state index in [2.05, 4.69) is 33.8 Å². The molecule has 3 heteroatoms. The summed E-state index contributed by atoms with van der Waals surface area (Å²) in [5, 5.41) is 0. The number of carbonyl (C=O) groups excluding carboxylic acids is 1. The van der Waals surface area contributed by atoms with Crippen molar-refractivity contribution >= 4 is 6.29 Å². The number of hydrogen-bond donors (Lipinski definition) is 0. The van der Waals surface area contributed by atoms with Gasteiger partial charge >= 0.3 is 0 Å². The highest BCUT2D eigenvalue weighted by atomic mass is 16.8. The highest BCUT2D eigenvalue weighted by Crippen LogP contribution is 2.53. The van der Waals surface area contributed by atoms with E-state index in [1.807, 2.05) is 26.8 Å². The van der Waals surface area contributed by atoms with Gasteiger partial charge in [-0.2, -0.15) is 0 Å². The van der Waals surface area contributed by atoms with Gasteiger partial charge in [0.05, 0.1) is 12.2 Å². The summed E-state index contributed by atoms with van der Waals surface area (Å²) in [6.45, 7) is 14.7. The van der Waals surface area contributed by atoms with Gasteiger partial charge in [0.2, 0.25) is 0 Å². The Balaban J connectivity index is 2.26. The van der Waals surface area contributed by atoms with Crippen molar-refractivity contribution in [1.29, 1.82) is 0 Å². The Morgan fingerprint density at radius 1 is 0.909 bits per heavy atom. The van der Waals surface area contributed by atoms with Crippen LogP contribution in [0.5, 0.6) is 0 Å². The summed E-state index contributed by atoms with van der Waals surface area (Å²) < 4.78 is 12.5. The minimum absolute atomic E-state index is 0.00600. The lowest BCUT2D eigenvalue weighted by atomic mass is 9.59. The molecule has 2 atom stereocenters. The van der Waals surface area contributed by atoms with E-state index in [0.717, 1.165) is 17.4 Å². The highest BCUT2D eigenvalue weighted by molar-refractivity contribution is 5.78. The second-order valence-corrected chi connectivity index (χ2v) is 8.29. The van der Waals surface area contributed by atoms with Gasteiger partial charge < -0.3 is 9.47 Å². The molecule has 0 bridgehead atoms. The van der Waals surface area contributed by atoms with Gasteiger partial charge in [-0.3, -0.25) is 4.79 Å². The molecule has 2 aliphatic rings. The van der Waals surface area contributed by atoms with Crippen molar-refractivity contribution in [2.75, 3.05) is 0 Å². The number of aryl methyl sites for hydroxylation is 1. The van der Waals surface area contributed by atoms with E-state index in [4.69, 9.17) is 9.47 Å². The van der Waals surface area contributed by atoms with Gasteiger partial charge in [-0.25, -0.2) is 0 Å². The molecule has 1 aromatic carbocycles. The van der Waals surface area contributed by atoms with Crippen LogP contribution in [0.25, 0.3) is 0 Å². The monoisotopic (exact) mass is 302 g/mol. The quantitative estimate of drug-likeness (QED) is 0.738. The minimum Gasteiger partial charge on any atom is -0.344 e.